The number of carbonyl (C=O) groups excluding carboxylic acids is 2. The van der Waals surface area contributed by atoms with Gasteiger partial charge in [0.1, 0.15) is 6.04 Å². The SMILES string of the molecule is CCN(CC)C(=O)[C@H](NC(=O)c1ccc([N+](=O)[O-])cc1)C12CC3CC(CC(C3)C1)C2. The molecule has 0 spiro atoms. The summed E-state index contributed by atoms with van der Waals surface area (Å²) in [6.07, 6.45) is 6.83. The molecule has 4 fully saturated rings. The molecule has 0 aromatic heterocycles. The fraction of sp³-hybridized carbons (Fsp3) is 0.652. The van der Waals surface area contributed by atoms with Gasteiger partial charge in [0.25, 0.3) is 11.6 Å². The molecule has 1 aromatic carbocycles. The largest absolute Gasteiger partial charge is 0.341 e. The first-order valence-corrected chi connectivity index (χ1v) is 11.2. The van der Waals surface area contributed by atoms with Gasteiger partial charge in [-0.1, -0.05) is 0 Å². The average Bonchev–Trinajstić information content (AvgIpc) is 2.71. The Balaban J connectivity index is 1.62. The summed E-state index contributed by atoms with van der Waals surface area (Å²) in [4.78, 5) is 38.9. The molecule has 4 bridgehead atoms. The van der Waals surface area contributed by atoms with Crippen molar-refractivity contribution in [3.05, 3.63) is 39.9 Å². The van der Waals surface area contributed by atoms with E-state index in [1.54, 1.807) is 0 Å². The van der Waals surface area contributed by atoms with Crippen molar-refractivity contribution in [1.82, 2.24) is 10.2 Å². The van der Waals surface area contributed by atoms with Crippen molar-refractivity contribution in [3.8, 4) is 0 Å². The van der Waals surface area contributed by atoms with Crippen LogP contribution in [0.25, 0.3) is 0 Å². The summed E-state index contributed by atoms with van der Waals surface area (Å²) >= 11 is 0. The van der Waals surface area contributed by atoms with Gasteiger partial charge in [-0.05, 0) is 82.3 Å². The van der Waals surface area contributed by atoms with Crippen molar-refractivity contribution in [2.75, 3.05) is 13.1 Å². The van der Waals surface area contributed by atoms with E-state index < -0.39 is 11.0 Å². The molecule has 0 heterocycles. The van der Waals surface area contributed by atoms with E-state index >= 15 is 0 Å². The second-order valence-electron chi connectivity index (χ2n) is 9.50. The third-order valence-corrected chi connectivity index (χ3v) is 7.64. The van der Waals surface area contributed by atoms with E-state index in [0.29, 0.717) is 36.4 Å². The molecule has 0 radical (unpaired) electrons. The van der Waals surface area contributed by atoms with Gasteiger partial charge in [-0.25, -0.2) is 0 Å². The van der Waals surface area contributed by atoms with Crippen molar-refractivity contribution in [1.29, 1.82) is 0 Å². The molecule has 4 aliphatic rings. The number of benzene rings is 1. The standard InChI is InChI=1S/C23H31N3O4/c1-3-25(4-2)22(28)20(23-12-15-9-16(13-23)11-17(10-15)14-23)24-21(27)18-5-7-19(8-6-18)26(29)30/h5-8,15-17,20H,3-4,9-14H2,1-2H3,(H,24,27)/t15?,16?,17?,20-,23?/m0/s1. The number of nitro benzene ring substituents is 1. The van der Waals surface area contributed by atoms with Gasteiger partial charge < -0.3 is 10.2 Å². The van der Waals surface area contributed by atoms with Crippen LogP contribution in [0.4, 0.5) is 5.69 Å². The van der Waals surface area contributed by atoms with Crippen molar-refractivity contribution in [2.45, 2.75) is 58.4 Å². The Kier molecular flexibility index (Phi) is 5.55. The number of hydrogen-bond acceptors (Lipinski definition) is 4. The van der Waals surface area contributed by atoms with Crippen LogP contribution in [0.2, 0.25) is 0 Å². The summed E-state index contributed by atoms with van der Waals surface area (Å²) in [5.74, 6) is 1.68. The fourth-order valence-electron chi connectivity index (χ4n) is 6.67. The van der Waals surface area contributed by atoms with Gasteiger partial charge in [-0.3, -0.25) is 19.7 Å². The summed E-state index contributed by atoms with van der Waals surface area (Å²) in [6, 6.07) is 5.06. The van der Waals surface area contributed by atoms with Crippen LogP contribution in [0.3, 0.4) is 0 Å². The number of likely N-dealkylation sites (N-methyl/N-ethyl adjacent to an activating group) is 1. The zero-order valence-electron chi connectivity index (χ0n) is 17.8. The highest BCUT2D eigenvalue weighted by atomic mass is 16.6. The van der Waals surface area contributed by atoms with Crippen molar-refractivity contribution >= 4 is 17.5 Å². The van der Waals surface area contributed by atoms with Crippen LogP contribution in [0.1, 0.15) is 62.7 Å². The first-order valence-electron chi connectivity index (χ1n) is 11.2. The second-order valence-corrected chi connectivity index (χ2v) is 9.50. The van der Waals surface area contributed by atoms with E-state index in [1.165, 1.54) is 43.5 Å². The van der Waals surface area contributed by atoms with Gasteiger partial charge >= 0.3 is 0 Å². The lowest BCUT2D eigenvalue weighted by Gasteiger charge is -2.59. The van der Waals surface area contributed by atoms with Gasteiger partial charge in [-0.2, -0.15) is 0 Å². The summed E-state index contributed by atoms with van der Waals surface area (Å²) in [7, 11) is 0. The monoisotopic (exact) mass is 413 g/mol. The first kappa shape index (κ1) is 20.8. The minimum atomic E-state index is -0.534. The Morgan fingerprint density at radius 3 is 2.00 bits per heavy atom. The van der Waals surface area contributed by atoms with Crippen LogP contribution in [0.15, 0.2) is 24.3 Å². The van der Waals surface area contributed by atoms with Crippen LogP contribution in [-0.2, 0) is 4.79 Å². The molecule has 1 atom stereocenters. The lowest BCUT2D eigenvalue weighted by Crippen LogP contribution is -2.62. The minimum absolute atomic E-state index is 0.0113. The van der Waals surface area contributed by atoms with E-state index in [9.17, 15) is 19.7 Å². The van der Waals surface area contributed by atoms with Gasteiger partial charge in [-0.15, -0.1) is 0 Å². The van der Waals surface area contributed by atoms with E-state index in [2.05, 4.69) is 5.32 Å². The Bertz CT molecular complexity index is 796. The Hall–Kier alpha value is -2.44. The lowest BCUT2D eigenvalue weighted by molar-refractivity contribution is -0.384. The molecule has 162 valence electrons. The van der Waals surface area contributed by atoms with Crippen LogP contribution in [-0.4, -0.2) is 40.8 Å². The summed E-state index contributed by atoms with van der Waals surface area (Å²) < 4.78 is 0. The van der Waals surface area contributed by atoms with E-state index in [-0.39, 0.29) is 22.9 Å². The summed E-state index contributed by atoms with van der Waals surface area (Å²) in [5.41, 5.74) is 0.135. The second kappa shape index (κ2) is 8.00. The molecule has 7 heteroatoms. The Labute approximate surface area is 177 Å². The molecule has 1 aromatic rings. The normalized spacial score (nSPS) is 30.0. The van der Waals surface area contributed by atoms with Gasteiger partial charge in [0.05, 0.1) is 4.92 Å². The van der Waals surface area contributed by atoms with Gasteiger partial charge in [0.2, 0.25) is 5.91 Å². The number of nitrogens with one attached hydrogen (secondary N) is 1. The van der Waals surface area contributed by atoms with Crippen molar-refractivity contribution in [3.63, 3.8) is 0 Å². The van der Waals surface area contributed by atoms with Crippen molar-refractivity contribution < 1.29 is 14.5 Å². The number of carbonyl (C=O) groups is 2. The minimum Gasteiger partial charge on any atom is -0.341 e. The third kappa shape index (κ3) is 3.70. The highest BCUT2D eigenvalue weighted by Crippen LogP contribution is 2.61. The lowest BCUT2D eigenvalue weighted by atomic mass is 9.47. The zero-order chi connectivity index (χ0) is 21.5. The van der Waals surface area contributed by atoms with E-state index in [1.807, 2.05) is 18.7 Å². The number of hydrogen-bond donors (Lipinski definition) is 1. The van der Waals surface area contributed by atoms with E-state index in [4.69, 9.17) is 0 Å². The molecule has 2 amide bonds. The zero-order valence-corrected chi connectivity index (χ0v) is 17.8. The number of rotatable bonds is 7. The molecule has 0 unspecified atom stereocenters. The molecular weight excluding hydrogens is 382 g/mol. The molecule has 0 aliphatic heterocycles. The Morgan fingerprint density at radius 1 is 1.07 bits per heavy atom. The Morgan fingerprint density at radius 2 is 1.57 bits per heavy atom. The van der Waals surface area contributed by atoms with Gasteiger partial charge in [0, 0.05) is 36.2 Å². The molecular formula is C23H31N3O4. The van der Waals surface area contributed by atoms with Gasteiger partial charge in [0.15, 0.2) is 0 Å². The summed E-state index contributed by atoms with van der Waals surface area (Å²) in [5, 5.41) is 14.0. The molecule has 1 N–H and O–H groups in total. The molecule has 30 heavy (non-hydrogen) atoms. The van der Waals surface area contributed by atoms with E-state index in [0.717, 1.165) is 19.3 Å². The molecule has 5 rings (SSSR count). The molecule has 7 nitrogen and oxygen atoms in total. The predicted molar refractivity (Wildman–Crippen MR) is 113 cm³/mol. The smallest absolute Gasteiger partial charge is 0.269 e. The van der Waals surface area contributed by atoms with Crippen molar-refractivity contribution in [2.24, 2.45) is 23.2 Å². The molecule has 4 saturated carbocycles. The number of nitrogens with zero attached hydrogens (tertiary/aromatic N) is 2. The highest BCUT2D eigenvalue weighted by Gasteiger charge is 2.56. The van der Waals surface area contributed by atoms with Crippen LogP contribution >= 0.6 is 0 Å². The maximum Gasteiger partial charge on any atom is 0.269 e. The topological polar surface area (TPSA) is 92.6 Å². The average molecular weight is 414 g/mol. The number of non-ortho nitro benzene ring substituents is 1. The quantitative estimate of drug-likeness (QED) is 0.544. The summed E-state index contributed by atoms with van der Waals surface area (Å²) in [6.45, 7) is 5.17. The fourth-order valence-corrected chi connectivity index (χ4v) is 6.67. The number of amides is 2. The number of nitro groups is 1. The first-order chi connectivity index (χ1) is 14.3. The van der Waals surface area contributed by atoms with Crippen LogP contribution in [0.5, 0.6) is 0 Å². The predicted octanol–water partition coefficient (Wildman–Crippen LogP) is 3.78. The van der Waals surface area contributed by atoms with Crippen LogP contribution < -0.4 is 5.32 Å². The highest BCUT2D eigenvalue weighted by molar-refractivity contribution is 5.98. The maximum atomic E-state index is 13.6. The third-order valence-electron chi connectivity index (χ3n) is 7.64. The molecule has 0 saturated heterocycles. The molecule has 4 aliphatic carbocycles. The maximum absolute atomic E-state index is 13.6. The van der Waals surface area contributed by atoms with Crippen LogP contribution in [0, 0.1) is 33.3 Å².